The molecule has 3 fully saturated rings. The van der Waals surface area contributed by atoms with Gasteiger partial charge in [-0.25, -0.2) is 4.39 Å². The Morgan fingerprint density at radius 3 is 2.32 bits per heavy atom. The molecule has 3 heterocycles. The van der Waals surface area contributed by atoms with Crippen LogP contribution >= 0.6 is 0 Å². The van der Waals surface area contributed by atoms with Crippen molar-refractivity contribution < 1.29 is 23.6 Å². The number of nitrogens with zero attached hydrogens (tertiary/aromatic N) is 2. The summed E-state index contributed by atoms with van der Waals surface area (Å²) in [6.45, 7) is 1.48. The van der Waals surface area contributed by atoms with Crippen LogP contribution in [0.5, 0.6) is 0 Å². The fourth-order valence-electron chi connectivity index (χ4n) is 5.84. The van der Waals surface area contributed by atoms with E-state index in [0.717, 1.165) is 49.7 Å². The van der Waals surface area contributed by atoms with Gasteiger partial charge < -0.3 is 4.90 Å². The molecule has 1 atom stereocenters. The quantitative estimate of drug-likeness (QED) is 0.734. The minimum Gasteiger partial charge on any atom is -0.369 e. The van der Waals surface area contributed by atoms with Gasteiger partial charge >= 0.3 is 0 Å². The fraction of sp³-hybridized carbons (Fsp3) is 0.565. The highest BCUT2D eigenvalue weighted by Gasteiger charge is 2.46. The van der Waals surface area contributed by atoms with Gasteiger partial charge in [0.1, 0.15) is 11.9 Å². The Kier molecular flexibility index (Phi) is 4.83. The van der Waals surface area contributed by atoms with Crippen LogP contribution in [0.25, 0.3) is 0 Å². The Balaban J connectivity index is 1.44. The van der Waals surface area contributed by atoms with E-state index in [1.165, 1.54) is 25.3 Å². The van der Waals surface area contributed by atoms with Crippen LogP contribution < -0.4 is 10.2 Å². The van der Waals surface area contributed by atoms with Crippen molar-refractivity contribution in [1.82, 2.24) is 10.2 Å². The fourth-order valence-corrected chi connectivity index (χ4v) is 5.84. The van der Waals surface area contributed by atoms with Crippen molar-refractivity contribution in [2.45, 2.75) is 63.8 Å². The topological polar surface area (TPSA) is 86.8 Å². The highest BCUT2D eigenvalue weighted by Crippen LogP contribution is 2.45. The number of carbonyl (C=O) groups excluding carboxylic acids is 4. The second-order valence-electron chi connectivity index (χ2n) is 9.38. The lowest BCUT2D eigenvalue weighted by Crippen LogP contribution is -2.54. The Hall–Kier alpha value is -2.77. The lowest BCUT2D eigenvalue weighted by Gasteiger charge is -2.46. The van der Waals surface area contributed by atoms with Gasteiger partial charge in [-0.3, -0.25) is 29.4 Å². The van der Waals surface area contributed by atoms with Gasteiger partial charge in [-0.05, 0) is 49.7 Å². The highest BCUT2D eigenvalue weighted by molar-refractivity contribution is 6.23. The van der Waals surface area contributed by atoms with Crippen LogP contribution in [0, 0.1) is 11.2 Å². The first kappa shape index (κ1) is 20.2. The summed E-state index contributed by atoms with van der Waals surface area (Å²) in [7, 11) is 0. The Bertz CT molecular complexity index is 980. The first-order valence-corrected chi connectivity index (χ1v) is 11.2. The third kappa shape index (κ3) is 3.32. The summed E-state index contributed by atoms with van der Waals surface area (Å²) in [5.74, 6) is -2.88. The van der Waals surface area contributed by atoms with Gasteiger partial charge in [0.05, 0.1) is 16.8 Å². The van der Waals surface area contributed by atoms with E-state index < -0.39 is 35.5 Å². The van der Waals surface area contributed by atoms with Crippen molar-refractivity contribution in [1.29, 1.82) is 0 Å². The molecule has 1 aromatic rings. The van der Waals surface area contributed by atoms with Crippen molar-refractivity contribution in [2.24, 2.45) is 5.41 Å². The largest absolute Gasteiger partial charge is 0.369 e. The maximum atomic E-state index is 15.1. The minimum absolute atomic E-state index is 0.0136. The predicted octanol–water partition coefficient (Wildman–Crippen LogP) is 2.78. The van der Waals surface area contributed by atoms with Crippen molar-refractivity contribution in [3.63, 3.8) is 0 Å². The third-order valence-corrected chi connectivity index (χ3v) is 7.42. The van der Waals surface area contributed by atoms with Crippen LogP contribution in [0.4, 0.5) is 10.1 Å². The van der Waals surface area contributed by atoms with Gasteiger partial charge in [0.25, 0.3) is 11.8 Å². The van der Waals surface area contributed by atoms with E-state index in [1.54, 1.807) is 0 Å². The molecule has 5 rings (SSSR count). The molecule has 1 spiro atoms. The lowest BCUT2D eigenvalue weighted by atomic mass is 9.69. The van der Waals surface area contributed by atoms with E-state index in [0.29, 0.717) is 5.69 Å². The summed E-state index contributed by atoms with van der Waals surface area (Å²) < 4.78 is 15.1. The molecule has 2 saturated heterocycles. The monoisotopic (exact) mass is 427 g/mol. The van der Waals surface area contributed by atoms with Crippen molar-refractivity contribution >= 4 is 29.3 Å². The van der Waals surface area contributed by atoms with E-state index >= 15 is 4.39 Å². The zero-order chi connectivity index (χ0) is 21.8. The molecule has 0 bridgehead atoms. The SMILES string of the molecule is O=C1CCC(N2C(=O)c3cc(F)c(N4CCCC5(CCCCC5)C4)cc3C2=O)C(=O)N1. The Labute approximate surface area is 179 Å². The maximum absolute atomic E-state index is 15.1. The molecule has 1 aromatic carbocycles. The lowest BCUT2D eigenvalue weighted by molar-refractivity contribution is -0.136. The molecule has 1 N–H and O–H groups in total. The number of hydrogen-bond donors (Lipinski definition) is 1. The maximum Gasteiger partial charge on any atom is 0.262 e. The molecular formula is C23H26FN3O4. The van der Waals surface area contributed by atoms with Crippen molar-refractivity contribution in [2.75, 3.05) is 18.0 Å². The number of fused-ring (bicyclic) bond motifs is 1. The molecule has 3 aliphatic heterocycles. The molecule has 1 saturated carbocycles. The van der Waals surface area contributed by atoms with Gasteiger partial charge in [0.2, 0.25) is 11.8 Å². The number of carbonyl (C=O) groups is 4. The van der Waals surface area contributed by atoms with Gasteiger partial charge in [-0.1, -0.05) is 19.3 Å². The summed E-state index contributed by atoms with van der Waals surface area (Å²) >= 11 is 0. The number of halogens is 1. The first-order valence-electron chi connectivity index (χ1n) is 11.2. The standard InChI is InChI=1S/C23H26FN3O4/c24-16-11-14-15(22(31)27(21(14)30)17-5-6-19(28)25-20(17)29)12-18(16)26-10-4-9-23(13-26)7-2-1-3-8-23/h11-12,17H,1-10,13H2,(H,25,28,29). The predicted molar refractivity (Wildman–Crippen MR) is 110 cm³/mol. The molecular weight excluding hydrogens is 401 g/mol. The van der Waals surface area contributed by atoms with Gasteiger partial charge in [-0.15, -0.1) is 0 Å². The smallest absolute Gasteiger partial charge is 0.262 e. The van der Waals surface area contributed by atoms with Crippen molar-refractivity contribution in [3.05, 3.63) is 29.1 Å². The highest BCUT2D eigenvalue weighted by atomic mass is 19.1. The number of nitrogens with one attached hydrogen (secondary N) is 1. The van der Waals surface area contributed by atoms with Crippen molar-refractivity contribution in [3.8, 4) is 0 Å². The number of benzene rings is 1. The number of piperidine rings is 2. The zero-order valence-electron chi connectivity index (χ0n) is 17.4. The number of rotatable bonds is 2. The molecule has 31 heavy (non-hydrogen) atoms. The average molecular weight is 427 g/mol. The van der Waals surface area contributed by atoms with Crippen LogP contribution in [-0.4, -0.2) is 47.7 Å². The summed E-state index contributed by atoms with van der Waals surface area (Å²) in [5.41, 5.74) is 0.685. The van der Waals surface area contributed by atoms with E-state index in [9.17, 15) is 19.2 Å². The third-order valence-electron chi connectivity index (χ3n) is 7.42. The minimum atomic E-state index is -1.04. The van der Waals surface area contributed by atoms with E-state index in [1.807, 2.05) is 4.90 Å². The summed E-state index contributed by atoms with van der Waals surface area (Å²) in [6, 6.07) is 1.58. The molecule has 0 radical (unpaired) electrons. The van der Waals surface area contributed by atoms with Gasteiger partial charge in [-0.2, -0.15) is 0 Å². The van der Waals surface area contributed by atoms with E-state index in [4.69, 9.17) is 0 Å². The Morgan fingerprint density at radius 1 is 0.935 bits per heavy atom. The molecule has 164 valence electrons. The summed E-state index contributed by atoms with van der Waals surface area (Å²) in [4.78, 5) is 52.5. The Morgan fingerprint density at radius 2 is 1.61 bits per heavy atom. The van der Waals surface area contributed by atoms with Gasteiger partial charge in [0.15, 0.2) is 0 Å². The molecule has 1 aliphatic carbocycles. The number of imide groups is 2. The number of amides is 4. The number of hydrogen-bond acceptors (Lipinski definition) is 5. The second-order valence-corrected chi connectivity index (χ2v) is 9.38. The zero-order valence-corrected chi connectivity index (χ0v) is 17.4. The number of anilines is 1. The van der Waals surface area contributed by atoms with E-state index in [-0.39, 0.29) is 29.4 Å². The first-order chi connectivity index (χ1) is 14.9. The second kappa shape index (κ2) is 7.43. The van der Waals surface area contributed by atoms with Crippen LogP contribution in [0.15, 0.2) is 12.1 Å². The average Bonchev–Trinajstić information content (AvgIpc) is 2.98. The molecule has 7 nitrogen and oxygen atoms in total. The van der Waals surface area contributed by atoms with E-state index in [2.05, 4.69) is 5.32 Å². The molecule has 4 aliphatic rings. The van der Waals surface area contributed by atoms with Crippen LogP contribution in [0.3, 0.4) is 0 Å². The van der Waals surface area contributed by atoms with Crippen LogP contribution in [0.2, 0.25) is 0 Å². The van der Waals surface area contributed by atoms with Crippen LogP contribution in [0.1, 0.15) is 78.5 Å². The molecule has 0 aromatic heterocycles. The summed E-state index contributed by atoms with van der Waals surface area (Å²) in [6.07, 6.45) is 8.22. The summed E-state index contributed by atoms with van der Waals surface area (Å²) in [5, 5.41) is 2.18. The molecule has 4 amide bonds. The molecule has 8 heteroatoms. The molecule has 1 unspecified atom stereocenters. The van der Waals surface area contributed by atoms with Crippen LogP contribution in [-0.2, 0) is 9.59 Å². The van der Waals surface area contributed by atoms with Gasteiger partial charge in [0, 0.05) is 19.5 Å². The normalized spacial score (nSPS) is 25.8.